The molecule has 0 bridgehead atoms. The van der Waals surface area contributed by atoms with Crippen molar-refractivity contribution in [1.29, 1.82) is 0 Å². The molecule has 0 unspecified atom stereocenters. The number of carbonyl (C=O) groups is 1. The number of rotatable bonds is 4. The van der Waals surface area contributed by atoms with E-state index in [-0.39, 0.29) is 5.97 Å². The van der Waals surface area contributed by atoms with Gasteiger partial charge in [-0.25, -0.2) is 4.98 Å². The number of nitrogens with zero attached hydrogens (tertiary/aromatic N) is 2. The number of para-hydroxylation sites is 1. The third-order valence-electron chi connectivity index (χ3n) is 2.85. The Balaban J connectivity index is 2.25. The van der Waals surface area contributed by atoms with E-state index in [0.29, 0.717) is 25.3 Å². The fourth-order valence-corrected chi connectivity index (χ4v) is 2.00. The molecular weight excluding hydrogens is 230 g/mol. The molecule has 96 valence electrons. The number of hydrogen-bond donors (Lipinski definition) is 1. The van der Waals surface area contributed by atoms with E-state index in [1.807, 2.05) is 29.7 Å². The highest BCUT2D eigenvalue weighted by Gasteiger charge is 2.11. The van der Waals surface area contributed by atoms with Crippen molar-refractivity contribution < 1.29 is 9.53 Å². The van der Waals surface area contributed by atoms with Crippen LogP contribution in [0.5, 0.6) is 0 Å². The molecule has 2 N–H and O–H groups in total. The highest BCUT2D eigenvalue weighted by molar-refractivity contribution is 5.87. The molecule has 0 spiro atoms. The molecule has 0 saturated carbocycles. The van der Waals surface area contributed by atoms with Gasteiger partial charge in [-0.2, -0.15) is 0 Å². The Labute approximate surface area is 106 Å². The van der Waals surface area contributed by atoms with Gasteiger partial charge in [0.2, 0.25) is 0 Å². The molecule has 0 radical (unpaired) electrons. The van der Waals surface area contributed by atoms with Gasteiger partial charge in [0.15, 0.2) is 0 Å². The van der Waals surface area contributed by atoms with Crippen LogP contribution in [0, 0.1) is 6.92 Å². The zero-order valence-electron chi connectivity index (χ0n) is 10.6. The minimum absolute atomic E-state index is 0.192. The molecular formula is C13H17N3O2. The number of hydrogen-bond acceptors (Lipinski definition) is 4. The van der Waals surface area contributed by atoms with Gasteiger partial charge in [-0.15, -0.1) is 0 Å². The molecule has 18 heavy (non-hydrogen) atoms. The number of esters is 1. The Hall–Kier alpha value is -2.04. The number of anilines is 1. The second-order valence-corrected chi connectivity index (χ2v) is 4.08. The standard InChI is InChI=1S/C13H17N3O2/c1-3-18-12(17)7-8-16-9(2)15-13-10(14)5-4-6-11(13)16/h4-6H,3,7-8,14H2,1-2H3. The van der Waals surface area contributed by atoms with Crippen LogP contribution in [0.4, 0.5) is 5.69 Å². The predicted octanol–water partition coefficient (Wildman–Crippen LogP) is 1.88. The summed E-state index contributed by atoms with van der Waals surface area (Å²) in [7, 11) is 0. The molecule has 5 nitrogen and oxygen atoms in total. The maximum absolute atomic E-state index is 11.4. The van der Waals surface area contributed by atoms with Gasteiger partial charge in [0.25, 0.3) is 0 Å². The maximum Gasteiger partial charge on any atom is 0.307 e. The van der Waals surface area contributed by atoms with Crippen LogP contribution in [0.3, 0.4) is 0 Å². The van der Waals surface area contributed by atoms with E-state index in [9.17, 15) is 4.79 Å². The van der Waals surface area contributed by atoms with Crippen molar-refractivity contribution in [1.82, 2.24) is 9.55 Å². The summed E-state index contributed by atoms with van der Waals surface area (Å²) in [5.74, 6) is 0.662. The third kappa shape index (κ3) is 2.30. The number of nitrogens with two attached hydrogens (primary N) is 1. The summed E-state index contributed by atoms with van der Waals surface area (Å²) in [6.07, 6.45) is 0.342. The fourth-order valence-electron chi connectivity index (χ4n) is 2.00. The predicted molar refractivity (Wildman–Crippen MR) is 70.1 cm³/mol. The molecule has 0 saturated heterocycles. The number of fused-ring (bicyclic) bond motifs is 1. The summed E-state index contributed by atoms with van der Waals surface area (Å²) in [5.41, 5.74) is 8.28. The summed E-state index contributed by atoms with van der Waals surface area (Å²) in [4.78, 5) is 15.8. The minimum atomic E-state index is -0.192. The smallest absolute Gasteiger partial charge is 0.307 e. The van der Waals surface area contributed by atoms with E-state index in [4.69, 9.17) is 10.5 Å². The summed E-state index contributed by atoms with van der Waals surface area (Å²) >= 11 is 0. The van der Waals surface area contributed by atoms with E-state index >= 15 is 0 Å². The number of imidazole rings is 1. The highest BCUT2D eigenvalue weighted by atomic mass is 16.5. The monoisotopic (exact) mass is 247 g/mol. The normalized spacial score (nSPS) is 10.8. The summed E-state index contributed by atoms with van der Waals surface area (Å²) in [6, 6.07) is 5.67. The van der Waals surface area contributed by atoms with Gasteiger partial charge in [0.1, 0.15) is 11.3 Å². The van der Waals surface area contributed by atoms with Gasteiger partial charge in [0, 0.05) is 6.54 Å². The zero-order chi connectivity index (χ0) is 13.1. The highest BCUT2D eigenvalue weighted by Crippen LogP contribution is 2.21. The van der Waals surface area contributed by atoms with Crippen molar-refractivity contribution >= 4 is 22.7 Å². The van der Waals surface area contributed by atoms with Gasteiger partial charge >= 0.3 is 5.97 Å². The van der Waals surface area contributed by atoms with Gasteiger partial charge in [-0.1, -0.05) is 6.07 Å². The first-order valence-corrected chi connectivity index (χ1v) is 6.00. The first-order valence-electron chi connectivity index (χ1n) is 6.00. The molecule has 2 rings (SSSR count). The molecule has 1 aromatic heterocycles. The number of carbonyl (C=O) groups excluding carboxylic acids is 1. The second-order valence-electron chi connectivity index (χ2n) is 4.08. The van der Waals surface area contributed by atoms with Crippen molar-refractivity contribution in [3.8, 4) is 0 Å². The lowest BCUT2D eigenvalue weighted by Gasteiger charge is -2.06. The van der Waals surface area contributed by atoms with E-state index in [1.54, 1.807) is 6.92 Å². The number of aromatic nitrogens is 2. The van der Waals surface area contributed by atoms with Crippen molar-refractivity contribution in [3.63, 3.8) is 0 Å². The topological polar surface area (TPSA) is 70.1 Å². The van der Waals surface area contributed by atoms with E-state index < -0.39 is 0 Å². The van der Waals surface area contributed by atoms with Crippen LogP contribution in [-0.4, -0.2) is 22.1 Å². The molecule has 1 heterocycles. The Morgan fingerprint density at radius 1 is 1.50 bits per heavy atom. The lowest BCUT2D eigenvalue weighted by atomic mass is 10.2. The minimum Gasteiger partial charge on any atom is -0.466 e. The Kier molecular flexibility index (Phi) is 3.50. The van der Waals surface area contributed by atoms with Gasteiger partial charge in [0.05, 0.1) is 24.2 Å². The van der Waals surface area contributed by atoms with Crippen molar-refractivity contribution in [2.24, 2.45) is 0 Å². The zero-order valence-corrected chi connectivity index (χ0v) is 10.6. The molecule has 0 aliphatic carbocycles. The molecule has 1 aromatic carbocycles. The molecule has 0 aliphatic rings. The Morgan fingerprint density at radius 3 is 3.00 bits per heavy atom. The largest absolute Gasteiger partial charge is 0.466 e. The number of nitrogen functional groups attached to an aromatic ring is 1. The van der Waals surface area contributed by atoms with Crippen LogP contribution in [0.25, 0.3) is 11.0 Å². The van der Waals surface area contributed by atoms with Gasteiger partial charge < -0.3 is 15.0 Å². The summed E-state index contributed by atoms with van der Waals surface area (Å²) < 4.78 is 6.91. The van der Waals surface area contributed by atoms with Crippen LogP contribution in [0.15, 0.2) is 18.2 Å². The van der Waals surface area contributed by atoms with E-state index in [1.165, 1.54) is 0 Å². The molecule has 0 atom stereocenters. The average Bonchev–Trinajstić information content (AvgIpc) is 2.65. The van der Waals surface area contributed by atoms with Crippen LogP contribution in [0.1, 0.15) is 19.2 Å². The summed E-state index contributed by atoms with van der Waals surface area (Å²) in [6.45, 7) is 4.68. The number of benzene rings is 1. The van der Waals surface area contributed by atoms with Crippen LogP contribution >= 0.6 is 0 Å². The van der Waals surface area contributed by atoms with Gasteiger partial charge in [-0.3, -0.25) is 4.79 Å². The molecule has 2 aromatic rings. The maximum atomic E-state index is 11.4. The average molecular weight is 247 g/mol. The lowest BCUT2D eigenvalue weighted by molar-refractivity contribution is -0.143. The molecule has 0 aliphatic heterocycles. The second kappa shape index (κ2) is 5.08. The van der Waals surface area contributed by atoms with E-state index in [0.717, 1.165) is 16.9 Å². The van der Waals surface area contributed by atoms with Crippen molar-refractivity contribution in [2.45, 2.75) is 26.8 Å². The quantitative estimate of drug-likeness (QED) is 0.661. The first-order chi connectivity index (χ1) is 8.63. The third-order valence-corrected chi connectivity index (χ3v) is 2.85. The van der Waals surface area contributed by atoms with Crippen molar-refractivity contribution in [2.75, 3.05) is 12.3 Å². The molecule has 0 amide bonds. The van der Waals surface area contributed by atoms with Crippen LogP contribution in [0.2, 0.25) is 0 Å². The van der Waals surface area contributed by atoms with Crippen molar-refractivity contribution in [3.05, 3.63) is 24.0 Å². The van der Waals surface area contributed by atoms with Crippen LogP contribution in [-0.2, 0) is 16.1 Å². The number of ether oxygens (including phenoxy) is 1. The molecule has 0 fully saturated rings. The lowest BCUT2D eigenvalue weighted by Crippen LogP contribution is -2.09. The Bertz CT molecular complexity index is 575. The van der Waals surface area contributed by atoms with E-state index in [2.05, 4.69) is 4.98 Å². The van der Waals surface area contributed by atoms with Crippen LogP contribution < -0.4 is 5.73 Å². The first kappa shape index (κ1) is 12.4. The number of aryl methyl sites for hydroxylation is 2. The summed E-state index contributed by atoms with van der Waals surface area (Å²) in [5, 5.41) is 0. The Morgan fingerprint density at radius 2 is 2.28 bits per heavy atom. The SMILES string of the molecule is CCOC(=O)CCn1c(C)nc2c(N)cccc21. The van der Waals surface area contributed by atoms with Gasteiger partial charge in [-0.05, 0) is 26.0 Å². The molecule has 5 heteroatoms. The fraction of sp³-hybridized carbons (Fsp3) is 0.385.